The Morgan fingerprint density at radius 1 is 1.75 bits per heavy atom. The average Bonchev–Trinajstić information content (AvgIpc) is 2.75. The first-order chi connectivity index (χ1) is 5.90. The molecule has 1 atom stereocenters. The second kappa shape index (κ2) is 3.37. The lowest BCUT2D eigenvalue weighted by atomic mass is 10.1. The van der Waals surface area contributed by atoms with Crippen molar-refractivity contribution in [3.05, 3.63) is 6.33 Å². The molecular formula is C7H11N3OS. The van der Waals surface area contributed by atoms with Gasteiger partial charge in [0.15, 0.2) is 0 Å². The fourth-order valence-corrected chi connectivity index (χ4v) is 2.03. The molecule has 1 aromatic heterocycles. The summed E-state index contributed by atoms with van der Waals surface area (Å²) in [5.41, 5.74) is 0. The van der Waals surface area contributed by atoms with Crippen LogP contribution in [0.15, 0.2) is 6.33 Å². The van der Waals surface area contributed by atoms with Gasteiger partial charge in [-0.3, -0.25) is 0 Å². The zero-order valence-corrected chi connectivity index (χ0v) is 7.50. The molecule has 0 radical (unpaired) electrons. The smallest absolute Gasteiger partial charge is 0.204 e. The van der Waals surface area contributed by atoms with Crippen LogP contribution in [0.1, 0.15) is 6.42 Å². The van der Waals surface area contributed by atoms with Crippen LogP contribution in [-0.2, 0) is 0 Å². The van der Waals surface area contributed by atoms with Crippen molar-refractivity contribution in [2.24, 2.45) is 5.92 Å². The van der Waals surface area contributed by atoms with E-state index in [1.807, 2.05) is 0 Å². The van der Waals surface area contributed by atoms with E-state index in [0.717, 1.165) is 24.6 Å². The van der Waals surface area contributed by atoms with Crippen molar-refractivity contribution in [1.29, 1.82) is 0 Å². The van der Waals surface area contributed by atoms with Crippen LogP contribution in [0, 0.1) is 5.92 Å². The lowest BCUT2D eigenvalue weighted by Crippen LogP contribution is -2.20. The molecule has 1 aliphatic rings. The number of aliphatic hydroxyl groups is 1. The number of aliphatic hydroxyl groups excluding tert-OH is 1. The first-order valence-corrected chi connectivity index (χ1v) is 4.80. The third-order valence-corrected chi connectivity index (χ3v) is 2.89. The quantitative estimate of drug-likeness (QED) is 0.722. The number of anilines is 1. The van der Waals surface area contributed by atoms with E-state index in [1.165, 1.54) is 11.5 Å². The molecule has 1 unspecified atom stereocenters. The Hall–Kier alpha value is -0.680. The summed E-state index contributed by atoms with van der Waals surface area (Å²) in [4.78, 5) is 6.30. The lowest BCUT2D eigenvalue weighted by molar-refractivity contribution is 0.238. The van der Waals surface area contributed by atoms with E-state index in [1.54, 1.807) is 6.33 Å². The molecule has 0 amide bonds. The Bertz CT molecular complexity index is 239. The number of hydrogen-bond acceptors (Lipinski definition) is 5. The summed E-state index contributed by atoms with van der Waals surface area (Å²) in [5, 5.41) is 9.90. The predicted molar refractivity (Wildman–Crippen MR) is 47.3 cm³/mol. The van der Waals surface area contributed by atoms with Crippen LogP contribution in [0.4, 0.5) is 5.13 Å². The van der Waals surface area contributed by atoms with Crippen molar-refractivity contribution in [1.82, 2.24) is 9.36 Å². The summed E-state index contributed by atoms with van der Waals surface area (Å²) >= 11 is 1.42. The highest BCUT2D eigenvalue weighted by Gasteiger charge is 2.23. The Morgan fingerprint density at radius 3 is 3.25 bits per heavy atom. The second-order valence-corrected chi connectivity index (χ2v) is 3.77. The molecule has 1 N–H and O–H groups in total. The second-order valence-electron chi connectivity index (χ2n) is 3.01. The largest absolute Gasteiger partial charge is 0.396 e. The Balaban J connectivity index is 2.00. The SMILES string of the molecule is OCC1CCN(c2ncns2)C1. The minimum Gasteiger partial charge on any atom is -0.396 e. The highest BCUT2D eigenvalue weighted by atomic mass is 32.1. The highest BCUT2D eigenvalue weighted by molar-refractivity contribution is 7.09. The third kappa shape index (κ3) is 1.42. The molecule has 0 aromatic carbocycles. The minimum atomic E-state index is 0.287. The predicted octanol–water partition coefficient (Wildman–Crippen LogP) is 0.357. The zero-order valence-electron chi connectivity index (χ0n) is 6.68. The van der Waals surface area contributed by atoms with E-state index in [2.05, 4.69) is 14.3 Å². The summed E-state index contributed by atoms with van der Waals surface area (Å²) in [7, 11) is 0. The van der Waals surface area contributed by atoms with Crippen LogP contribution in [0.2, 0.25) is 0 Å². The molecule has 4 nitrogen and oxygen atoms in total. The molecule has 1 aromatic rings. The molecule has 0 bridgehead atoms. The molecule has 0 saturated carbocycles. The van der Waals surface area contributed by atoms with Gasteiger partial charge in [0, 0.05) is 37.1 Å². The van der Waals surface area contributed by atoms with E-state index >= 15 is 0 Å². The third-order valence-electron chi connectivity index (χ3n) is 2.16. The van der Waals surface area contributed by atoms with Gasteiger partial charge >= 0.3 is 0 Å². The highest BCUT2D eigenvalue weighted by Crippen LogP contribution is 2.23. The van der Waals surface area contributed by atoms with E-state index < -0.39 is 0 Å². The zero-order chi connectivity index (χ0) is 8.39. The molecule has 2 rings (SSSR count). The summed E-state index contributed by atoms with van der Waals surface area (Å²) < 4.78 is 3.94. The monoisotopic (exact) mass is 185 g/mol. The van der Waals surface area contributed by atoms with Crippen LogP contribution >= 0.6 is 11.5 Å². The van der Waals surface area contributed by atoms with Gasteiger partial charge in [-0.05, 0) is 6.42 Å². The molecular weight excluding hydrogens is 174 g/mol. The van der Waals surface area contributed by atoms with E-state index in [9.17, 15) is 0 Å². The first kappa shape index (κ1) is 7.94. The molecule has 1 fully saturated rings. The maximum atomic E-state index is 8.92. The summed E-state index contributed by atoms with van der Waals surface area (Å²) in [6.45, 7) is 2.21. The van der Waals surface area contributed by atoms with Gasteiger partial charge in [-0.1, -0.05) is 0 Å². The van der Waals surface area contributed by atoms with Crippen LogP contribution in [-0.4, -0.2) is 34.2 Å². The molecule has 66 valence electrons. The molecule has 1 saturated heterocycles. The van der Waals surface area contributed by atoms with Gasteiger partial charge in [0.2, 0.25) is 5.13 Å². The number of hydrogen-bond donors (Lipinski definition) is 1. The summed E-state index contributed by atoms with van der Waals surface area (Å²) in [5.74, 6) is 0.425. The van der Waals surface area contributed by atoms with Gasteiger partial charge in [-0.2, -0.15) is 4.37 Å². The minimum absolute atomic E-state index is 0.287. The van der Waals surface area contributed by atoms with Gasteiger partial charge in [0.05, 0.1) is 0 Å². The molecule has 12 heavy (non-hydrogen) atoms. The topological polar surface area (TPSA) is 49.2 Å². The molecule has 2 heterocycles. The van der Waals surface area contributed by atoms with Gasteiger partial charge in [-0.15, -0.1) is 0 Å². The van der Waals surface area contributed by atoms with Crippen molar-refractivity contribution in [3.63, 3.8) is 0 Å². The maximum absolute atomic E-state index is 8.92. The van der Waals surface area contributed by atoms with Crippen molar-refractivity contribution in [2.75, 3.05) is 24.6 Å². The Kier molecular flexibility index (Phi) is 2.23. The van der Waals surface area contributed by atoms with Crippen molar-refractivity contribution in [2.45, 2.75) is 6.42 Å². The number of rotatable bonds is 2. The van der Waals surface area contributed by atoms with Crippen molar-refractivity contribution < 1.29 is 5.11 Å². The molecule has 5 heteroatoms. The molecule has 1 aliphatic heterocycles. The fourth-order valence-electron chi connectivity index (χ4n) is 1.46. The van der Waals surface area contributed by atoms with Gasteiger partial charge in [0.1, 0.15) is 6.33 Å². The van der Waals surface area contributed by atoms with Crippen molar-refractivity contribution >= 4 is 16.7 Å². The normalized spacial score (nSPS) is 23.4. The van der Waals surface area contributed by atoms with Crippen LogP contribution in [0.3, 0.4) is 0 Å². The van der Waals surface area contributed by atoms with Crippen LogP contribution in [0.25, 0.3) is 0 Å². The number of nitrogens with zero attached hydrogens (tertiary/aromatic N) is 3. The first-order valence-electron chi connectivity index (χ1n) is 4.02. The molecule has 0 aliphatic carbocycles. The van der Waals surface area contributed by atoms with Crippen molar-refractivity contribution in [3.8, 4) is 0 Å². The number of aromatic nitrogens is 2. The summed E-state index contributed by atoms with van der Waals surface area (Å²) in [6.07, 6.45) is 2.64. The maximum Gasteiger partial charge on any atom is 0.204 e. The van der Waals surface area contributed by atoms with E-state index in [4.69, 9.17) is 5.11 Å². The van der Waals surface area contributed by atoms with Crippen LogP contribution in [0.5, 0.6) is 0 Å². The van der Waals surface area contributed by atoms with Crippen LogP contribution < -0.4 is 4.90 Å². The fraction of sp³-hybridized carbons (Fsp3) is 0.714. The van der Waals surface area contributed by atoms with Gasteiger partial charge < -0.3 is 10.0 Å². The Labute approximate surface area is 75.0 Å². The average molecular weight is 185 g/mol. The molecule has 0 spiro atoms. The van der Waals surface area contributed by atoms with E-state index in [-0.39, 0.29) is 6.61 Å². The summed E-state index contributed by atoms with van der Waals surface area (Å²) in [6, 6.07) is 0. The standard InChI is InChI=1S/C7H11N3OS/c11-4-6-1-2-10(3-6)7-8-5-9-12-7/h5-6,11H,1-4H2. The van der Waals surface area contributed by atoms with E-state index in [0.29, 0.717) is 5.92 Å². The van der Waals surface area contributed by atoms with Gasteiger partial charge in [0.25, 0.3) is 0 Å². The lowest BCUT2D eigenvalue weighted by Gasteiger charge is -2.12. The Morgan fingerprint density at radius 2 is 2.67 bits per heavy atom. The van der Waals surface area contributed by atoms with Gasteiger partial charge in [-0.25, -0.2) is 4.98 Å².